The SMILES string of the molecule is CN(C)C1(c2nc(-c3cc(C(C)(C)C)c(O)c(C(C)(C)C)c3)cs2)CCSCC1. The Labute approximate surface area is 184 Å². The number of phenolic OH excluding ortho intramolecular Hbond substituents is 1. The monoisotopic (exact) mass is 432 g/mol. The Balaban J connectivity index is 2.13. The number of thiazole rings is 1. The topological polar surface area (TPSA) is 36.4 Å². The standard InChI is InChI=1S/C24H36N2OS2/c1-22(2,3)17-13-16(14-18(20(17)27)23(4,5)6)19-15-29-21(25-19)24(26(7)8)9-11-28-12-10-24/h13-15,27H,9-12H2,1-8H3. The summed E-state index contributed by atoms with van der Waals surface area (Å²) in [5, 5.41) is 14.5. The van der Waals surface area contributed by atoms with Crippen LogP contribution in [0.5, 0.6) is 5.75 Å². The van der Waals surface area contributed by atoms with Gasteiger partial charge in [0.1, 0.15) is 10.8 Å². The van der Waals surface area contributed by atoms with Crippen molar-refractivity contribution in [2.75, 3.05) is 25.6 Å². The minimum atomic E-state index is -0.135. The van der Waals surface area contributed by atoms with Gasteiger partial charge in [0.05, 0.1) is 11.2 Å². The molecule has 5 heteroatoms. The van der Waals surface area contributed by atoms with Crippen LogP contribution in [-0.2, 0) is 16.4 Å². The zero-order chi connectivity index (χ0) is 21.6. The smallest absolute Gasteiger partial charge is 0.123 e. The normalized spacial score (nSPS) is 17.7. The highest BCUT2D eigenvalue weighted by Crippen LogP contribution is 2.45. The molecule has 0 bridgehead atoms. The molecule has 0 unspecified atom stereocenters. The molecule has 0 spiro atoms. The van der Waals surface area contributed by atoms with E-state index < -0.39 is 0 Å². The molecule has 0 atom stereocenters. The molecule has 0 aliphatic carbocycles. The molecule has 1 N–H and O–H groups in total. The molecule has 2 aromatic rings. The quantitative estimate of drug-likeness (QED) is 0.609. The number of aromatic hydroxyl groups is 1. The van der Waals surface area contributed by atoms with Crippen LogP contribution in [0.4, 0.5) is 0 Å². The third kappa shape index (κ3) is 4.38. The van der Waals surface area contributed by atoms with Gasteiger partial charge in [-0.1, -0.05) is 41.5 Å². The van der Waals surface area contributed by atoms with Gasteiger partial charge in [0.25, 0.3) is 0 Å². The van der Waals surface area contributed by atoms with E-state index in [1.165, 1.54) is 16.5 Å². The van der Waals surface area contributed by atoms with E-state index in [9.17, 15) is 5.11 Å². The van der Waals surface area contributed by atoms with E-state index in [4.69, 9.17) is 4.98 Å². The first-order valence-corrected chi connectivity index (χ1v) is 12.5. The molecule has 0 amide bonds. The van der Waals surface area contributed by atoms with Crippen molar-refractivity contribution in [2.45, 2.75) is 70.8 Å². The molecule has 3 nitrogen and oxygen atoms in total. The number of hydrogen-bond donors (Lipinski definition) is 1. The molecule has 1 aliphatic rings. The van der Waals surface area contributed by atoms with Gasteiger partial charge < -0.3 is 5.11 Å². The molecule has 1 aromatic heterocycles. The molecule has 29 heavy (non-hydrogen) atoms. The van der Waals surface area contributed by atoms with Crippen molar-refractivity contribution in [3.05, 3.63) is 33.6 Å². The van der Waals surface area contributed by atoms with Gasteiger partial charge in [-0.3, -0.25) is 4.90 Å². The highest BCUT2D eigenvalue weighted by atomic mass is 32.2. The minimum Gasteiger partial charge on any atom is -0.507 e. The molecular formula is C24H36N2OS2. The van der Waals surface area contributed by atoms with Crippen molar-refractivity contribution in [1.29, 1.82) is 0 Å². The van der Waals surface area contributed by atoms with Gasteiger partial charge in [-0.05, 0) is 61.4 Å². The average molecular weight is 433 g/mol. The molecule has 0 saturated carbocycles. The van der Waals surface area contributed by atoms with Crippen molar-refractivity contribution in [2.24, 2.45) is 0 Å². The summed E-state index contributed by atoms with van der Waals surface area (Å²) in [7, 11) is 4.38. The van der Waals surface area contributed by atoms with Crippen molar-refractivity contribution in [3.63, 3.8) is 0 Å². The van der Waals surface area contributed by atoms with E-state index >= 15 is 0 Å². The van der Waals surface area contributed by atoms with Crippen LogP contribution in [0.3, 0.4) is 0 Å². The Bertz CT molecular complexity index is 831. The summed E-state index contributed by atoms with van der Waals surface area (Å²) < 4.78 is 0. The first-order chi connectivity index (χ1) is 13.4. The zero-order valence-electron chi connectivity index (χ0n) is 19.2. The summed E-state index contributed by atoms with van der Waals surface area (Å²) in [6.45, 7) is 12.9. The second-order valence-electron chi connectivity index (χ2n) is 10.5. The van der Waals surface area contributed by atoms with Gasteiger partial charge in [0.15, 0.2) is 0 Å². The Kier molecular flexibility index (Phi) is 6.17. The summed E-state index contributed by atoms with van der Waals surface area (Å²) in [5.41, 5.74) is 3.90. The average Bonchev–Trinajstić information content (AvgIpc) is 3.11. The van der Waals surface area contributed by atoms with Gasteiger partial charge in [-0.2, -0.15) is 11.8 Å². The van der Waals surface area contributed by atoms with Crippen molar-refractivity contribution < 1.29 is 5.11 Å². The van der Waals surface area contributed by atoms with E-state index in [0.29, 0.717) is 5.75 Å². The Morgan fingerprint density at radius 2 is 1.48 bits per heavy atom. The van der Waals surface area contributed by atoms with Gasteiger partial charge in [0.2, 0.25) is 0 Å². The maximum Gasteiger partial charge on any atom is 0.123 e. The second kappa shape index (κ2) is 7.90. The number of hydrogen-bond acceptors (Lipinski definition) is 5. The summed E-state index contributed by atoms with van der Waals surface area (Å²) in [6.07, 6.45) is 2.29. The van der Waals surface area contributed by atoms with Crippen LogP contribution < -0.4 is 0 Å². The van der Waals surface area contributed by atoms with E-state index in [2.05, 4.69) is 78.1 Å². The van der Waals surface area contributed by atoms with Crippen LogP contribution in [0.15, 0.2) is 17.5 Å². The fourth-order valence-electron chi connectivity index (χ4n) is 4.11. The predicted octanol–water partition coefficient (Wildman–Crippen LogP) is 6.39. The Morgan fingerprint density at radius 3 is 1.93 bits per heavy atom. The number of thioether (sulfide) groups is 1. The largest absolute Gasteiger partial charge is 0.507 e. The lowest BCUT2D eigenvalue weighted by atomic mass is 9.78. The summed E-state index contributed by atoms with van der Waals surface area (Å²) in [4.78, 5) is 7.53. The lowest BCUT2D eigenvalue weighted by Crippen LogP contribution is -2.44. The molecule has 1 aromatic carbocycles. The van der Waals surface area contributed by atoms with Gasteiger partial charge in [0, 0.05) is 22.1 Å². The van der Waals surface area contributed by atoms with Crippen LogP contribution in [0.2, 0.25) is 0 Å². The fraction of sp³-hybridized carbons (Fsp3) is 0.625. The third-order valence-corrected chi connectivity index (χ3v) is 8.12. The summed E-state index contributed by atoms with van der Waals surface area (Å²) in [5.74, 6) is 2.81. The first kappa shape index (κ1) is 22.6. The van der Waals surface area contributed by atoms with Gasteiger partial charge in [-0.15, -0.1) is 11.3 Å². The molecule has 3 rings (SSSR count). The van der Waals surface area contributed by atoms with Gasteiger partial charge >= 0.3 is 0 Å². The number of nitrogens with zero attached hydrogens (tertiary/aromatic N) is 2. The minimum absolute atomic E-state index is 0.0464. The number of phenols is 1. The highest BCUT2D eigenvalue weighted by molar-refractivity contribution is 7.99. The fourth-order valence-corrected chi connectivity index (χ4v) is 6.44. The van der Waals surface area contributed by atoms with Crippen molar-refractivity contribution in [1.82, 2.24) is 9.88 Å². The molecule has 160 valence electrons. The van der Waals surface area contributed by atoms with Crippen LogP contribution in [0.1, 0.15) is 70.5 Å². The predicted molar refractivity (Wildman–Crippen MR) is 129 cm³/mol. The lowest BCUT2D eigenvalue weighted by Gasteiger charge is -2.41. The lowest BCUT2D eigenvalue weighted by molar-refractivity contribution is 0.138. The van der Waals surface area contributed by atoms with Crippen molar-refractivity contribution >= 4 is 23.1 Å². The van der Waals surface area contributed by atoms with E-state index in [1.807, 2.05) is 11.8 Å². The highest BCUT2D eigenvalue weighted by Gasteiger charge is 2.39. The zero-order valence-corrected chi connectivity index (χ0v) is 20.9. The van der Waals surface area contributed by atoms with E-state index in [0.717, 1.165) is 35.2 Å². The van der Waals surface area contributed by atoms with E-state index in [-0.39, 0.29) is 16.4 Å². The molecule has 1 aliphatic heterocycles. The number of aromatic nitrogens is 1. The summed E-state index contributed by atoms with van der Waals surface area (Å²) in [6, 6.07) is 4.28. The molecule has 0 radical (unpaired) electrons. The van der Waals surface area contributed by atoms with E-state index in [1.54, 1.807) is 11.3 Å². The molecule has 1 saturated heterocycles. The third-order valence-electron chi connectivity index (χ3n) is 6.10. The number of rotatable bonds is 3. The van der Waals surface area contributed by atoms with Crippen LogP contribution in [0.25, 0.3) is 11.3 Å². The van der Waals surface area contributed by atoms with Gasteiger partial charge in [-0.25, -0.2) is 4.98 Å². The Morgan fingerprint density at radius 1 is 0.966 bits per heavy atom. The maximum atomic E-state index is 11.0. The van der Waals surface area contributed by atoms with Crippen LogP contribution in [0, 0.1) is 0 Å². The molecule has 1 fully saturated rings. The summed E-state index contributed by atoms with van der Waals surface area (Å²) >= 11 is 3.83. The second-order valence-corrected chi connectivity index (χ2v) is 12.6. The number of benzene rings is 1. The maximum absolute atomic E-state index is 11.0. The van der Waals surface area contributed by atoms with Crippen molar-refractivity contribution in [3.8, 4) is 17.0 Å². The molecular weight excluding hydrogens is 396 g/mol. The molecule has 2 heterocycles. The Hall–Kier alpha value is -1.04. The van der Waals surface area contributed by atoms with Crippen LogP contribution in [-0.4, -0.2) is 40.6 Å². The van der Waals surface area contributed by atoms with Crippen LogP contribution >= 0.6 is 23.1 Å². The first-order valence-electron chi connectivity index (χ1n) is 10.5.